The molecule has 2 rings (SSSR count). The van der Waals surface area contributed by atoms with Crippen molar-refractivity contribution in [2.75, 3.05) is 7.05 Å². The van der Waals surface area contributed by atoms with Crippen molar-refractivity contribution in [2.45, 2.75) is 19.9 Å². The zero-order valence-corrected chi connectivity index (χ0v) is 13.9. The molecule has 0 saturated carbocycles. The van der Waals surface area contributed by atoms with Gasteiger partial charge in [-0.05, 0) is 13.0 Å². The number of carbonyl (C=O) groups excluding carboxylic acids is 1. The smallest absolute Gasteiger partial charge is 0.457 e. The van der Waals surface area contributed by atoms with E-state index in [1.165, 1.54) is 32.2 Å². The van der Waals surface area contributed by atoms with E-state index in [4.69, 9.17) is 4.74 Å². The van der Waals surface area contributed by atoms with Gasteiger partial charge in [0.1, 0.15) is 12.4 Å². The van der Waals surface area contributed by atoms with Gasteiger partial charge in [0, 0.05) is 18.8 Å². The maximum atomic E-state index is 12.4. The first-order chi connectivity index (χ1) is 11.5. The number of esters is 1. The third-order valence-corrected chi connectivity index (χ3v) is 4.43. The van der Waals surface area contributed by atoms with E-state index in [9.17, 15) is 26.4 Å². The number of carbonyl (C=O) groups is 1. The zero-order valence-electron chi connectivity index (χ0n) is 13.1. The molecular formula is C14H13F3N2O5S. The van der Waals surface area contributed by atoms with Crippen molar-refractivity contribution in [3.8, 4) is 5.75 Å². The van der Waals surface area contributed by atoms with Gasteiger partial charge >= 0.3 is 22.5 Å². The monoisotopic (exact) mass is 378 g/mol. The van der Waals surface area contributed by atoms with Crippen LogP contribution in [0.3, 0.4) is 0 Å². The molecule has 1 aromatic carbocycles. The molecule has 1 heterocycles. The Balaban J connectivity index is 2.13. The van der Waals surface area contributed by atoms with Gasteiger partial charge in [0.2, 0.25) is 0 Å². The fourth-order valence-electron chi connectivity index (χ4n) is 1.90. The predicted molar refractivity (Wildman–Crippen MR) is 80.8 cm³/mol. The Kier molecular flexibility index (Phi) is 5.07. The topological polar surface area (TPSA) is 85.3 Å². The van der Waals surface area contributed by atoms with Crippen LogP contribution in [-0.2, 0) is 26.3 Å². The minimum absolute atomic E-state index is 0.000141. The minimum atomic E-state index is -4.88. The summed E-state index contributed by atoms with van der Waals surface area (Å²) >= 11 is 0. The molecule has 0 aliphatic carbocycles. The molecule has 0 spiro atoms. The van der Waals surface area contributed by atoms with Gasteiger partial charge in [-0.3, -0.25) is 4.31 Å². The number of nitrogens with zero attached hydrogens (tertiary/aromatic N) is 2. The molecule has 0 radical (unpaired) electrons. The Hall–Kier alpha value is -2.56. The lowest BCUT2D eigenvalue weighted by Crippen LogP contribution is -2.29. The van der Waals surface area contributed by atoms with Gasteiger partial charge < -0.3 is 9.47 Å². The van der Waals surface area contributed by atoms with E-state index >= 15 is 0 Å². The number of para-hydroxylation sites is 1. The molecule has 0 saturated heterocycles. The van der Waals surface area contributed by atoms with Crippen LogP contribution >= 0.6 is 0 Å². The van der Waals surface area contributed by atoms with E-state index < -0.39 is 34.9 Å². The van der Waals surface area contributed by atoms with Gasteiger partial charge in [0.05, 0.1) is 11.3 Å². The highest BCUT2D eigenvalue weighted by atomic mass is 32.2. The Bertz CT molecular complexity index is 846. The molecule has 0 N–H and O–H groups in total. The maximum Gasteiger partial charge on any atom is 0.573 e. The van der Waals surface area contributed by atoms with Gasteiger partial charge in [0.15, 0.2) is 0 Å². The number of hydrogen-bond donors (Lipinski definition) is 0. The van der Waals surface area contributed by atoms with Gasteiger partial charge in [-0.15, -0.1) is 17.6 Å². The van der Waals surface area contributed by atoms with Crippen molar-refractivity contribution >= 4 is 21.9 Å². The second-order valence-electron chi connectivity index (χ2n) is 4.95. The van der Waals surface area contributed by atoms with Crippen molar-refractivity contribution < 1.29 is 35.9 Å². The molecule has 0 unspecified atom stereocenters. The fraction of sp³-hybridized carbons (Fsp3) is 0.286. The Morgan fingerprint density at radius 3 is 2.56 bits per heavy atom. The quantitative estimate of drug-likeness (QED) is 0.750. The van der Waals surface area contributed by atoms with E-state index in [-0.39, 0.29) is 16.8 Å². The predicted octanol–water partition coefficient (Wildman–Crippen LogP) is 2.16. The summed E-state index contributed by atoms with van der Waals surface area (Å²) in [6.07, 6.45) is -3.86. The second-order valence-corrected chi connectivity index (χ2v) is 6.60. The summed E-state index contributed by atoms with van der Waals surface area (Å²) in [6, 6.07) is 5.19. The van der Waals surface area contributed by atoms with Crippen molar-refractivity contribution in [1.82, 2.24) is 4.31 Å². The lowest BCUT2D eigenvalue weighted by molar-refractivity contribution is -0.275. The summed E-state index contributed by atoms with van der Waals surface area (Å²) < 4.78 is 73.1. The second kappa shape index (κ2) is 6.75. The van der Waals surface area contributed by atoms with E-state index in [1.54, 1.807) is 0 Å². The molecule has 0 amide bonds. The first-order valence-corrected chi connectivity index (χ1v) is 8.17. The largest absolute Gasteiger partial charge is 0.573 e. The molecule has 0 fully saturated rings. The molecule has 1 aromatic rings. The summed E-state index contributed by atoms with van der Waals surface area (Å²) in [6.45, 7) is 0.810. The molecule has 0 bridgehead atoms. The summed E-state index contributed by atoms with van der Waals surface area (Å²) in [5, 5.41) is 0. The highest BCUT2D eigenvalue weighted by Crippen LogP contribution is 2.27. The third kappa shape index (κ3) is 4.72. The minimum Gasteiger partial charge on any atom is -0.457 e. The number of hydrogen-bond acceptors (Lipinski definition) is 5. The standard InChI is InChI=1S/C14H13F3N2O5S/c1-9-11(7-19(2)25(21,22)18-9)13(20)23-8-10-5-3-4-6-12(10)24-14(15,16)17/h3-7H,8H2,1-2H3. The summed E-state index contributed by atoms with van der Waals surface area (Å²) in [4.78, 5) is 12.1. The Morgan fingerprint density at radius 2 is 1.92 bits per heavy atom. The maximum absolute atomic E-state index is 12.4. The first-order valence-electron chi connectivity index (χ1n) is 6.77. The molecule has 0 aromatic heterocycles. The van der Waals surface area contributed by atoms with Crippen LogP contribution in [0.4, 0.5) is 13.2 Å². The summed E-state index contributed by atoms with van der Waals surface area (Å²) in [7, 11) is -2.69. The Morgan fingerprint density at radius 1 is 1.28 bits per heavy atom. The van der Waals surface area contributed by atoms with Crippen LogP contribution in [0.5, 0.6) is 5.75 Å². The average molecular weight is 378 g/mol. The SMILES string of the molecule is CC1=NS(=O)(=O)N(C)C=C1C(=O)OCc1ccccc1OC(F)(F)F. The number of halogens is 3. The van der Waals surface area contributed by atoms with Crippen LogP contribution in [0.25, 0.3) is 0 Å². The normalized spacial score (nSPS) is 16.8. The molecule has 11 heteroatoms. The van der Waals surface area contributed by atoms with Crippen molar-refractivity contribution in [3.63, 3.8) is 0 Å². The molecule has 136 valence electrons. The van der Waals surface area contributed by atoms with E-state index in [1.807, 2.05) is 0 Å². The number of rotatable bonds is 4. The van der Waals surface area contributed by atoms with Crippen LogP contribution in [0, 0.1) is 0 Å². The Labute approximate surface area is 141 Å². The lowest BCUT2D eigenvalue weighted by Gasteiger charge is -2.19. The van der Waals surface area contributed by atoms with Crippen LogP contribution in [0.2, 0.25) is 0 Å². The zero-order chi connectivity index (χ0) is 18.8. The van der Waals surface area contributed by atoms with Crippen LogP contribution in [0.15, 0.2) is 40.4 Å². The van der Waals surface area contributed by atoms with E-state index in [2.05, 4.69) is 9.13 Å². The highest BCUT2D eigenvalue weighted by Gasteiger charge is 2.32. The number of alkyl halides is 3. The fourth-order valence-corrected chi connectivity index (χ4v) is 2.71. The summed E-state index contributed by atoms with van der Waals surface area (Å²) in [5.74, 6) is -1.42. The van der Waals surface area contributed by atoms with Crippen molar-refractivity contribution in [2.24, 2.45) is 4.40 Å². The van der Waals surface area contributed by atoms with E-state index in [0.29, 0.717) is 0 Å². The van der Waals surface area contributed by atoms with Crippen molar-refractivity contribution in [1.29, 1.82) is 0 Å². The van der Waals surface area contributed by atoms with Crippen LogP contribution in [0.1, 0.15) is 12.5 Å². The molecule has 7 nitrogen and oxygen atoms in total. The van der Waals surface area contributed by atoms with E-state index in [0.717, 1.165) is 16.6 Å². The van der Waals surface area contributed by atoms with Gasteiger partial charge in [0.25, 0.3) is 0 Å². The van der Waals surface area contributed by atoms with Crippen molar-refractivity contribution in [3.05, 3.63) is 41.6 Å². The molecule has 0 atom stereocenters. The molecule has 25 heavy (non-hydrogen) atoms. The average Bonchev–Trinajstić information content (AvgIpc) is 2.47. The first kappa shape index (κ1) is 18.8. The van der Waals surface area contributed by atoms with Gasteiger partial charge in [-0.1, -0.05) is 18.2 Å². The summed E-state index contributed by atoms with van der Waals surface area (Å²) in [5.41, 5.74) is -0.199. The number of benzene rings is 1. The lowest BCUT2D eigenvalue weighted by atomic mass is 10.2. The number of ether oxygens (including phenoxy) is 2. The molecule has 1 aliphatic heterocycles. The third-order valence-electron chi connectivity index (χ3n) is 3.09. The van der Waals surface area contributed by atoms with Crippen LogP contribution < -0.4 is 4.74 Å². The molecular weight excluding hydrogens is 365 g/mol. The van der Waals surface area contributed by atoms with Crippen LogP contribution in [-0.4, -0.2) is 37.8 Å². The van der Waals surface area contributed by atoms with Gasteiger partial charge in [-0.2, -0.15) is 8.42 Å². The highest BCUT2D eigenvalue weighted by molar-refractivity contribution is 7.88. The van der Waals surface area contributed by atoms with Gasteiger partial charge in [-0.25, -0.2) is 4.79 Å². The molecule has 1 aliphatic rings.